The first-order valence-electron chi connectivity index (χ1n) is 10.0. The second-order valence-electron chi connectivity index (χ2n) is 7.97. The smallest absolute Gasteiger partial charge is 0.255 e. The van der Waals surface area contributed by atoms with E-state index in [4.69, 9.17) is 0 Å². The molecular weight excluding hydrogens is 342 g/mol. The third kappa shape index (κ3) is 5.25. The Morgan fingerprint density at radius 1 is 1.19 bits per heavy atom. The van der Waals surface area contributed by atoms with E-state index in [1.54, 1.807) is 12.3 Å². The van der Waals surface area contributed by atoms with Crippen molar-refractivity contribution in [3.8, 4) is 0 Å². The third-order valence-corrected chi connectivity index (χ3v) is 6.03. The lowest BCUT2D eigenvalue weighted by Crippen LogP contribution is -2.44. The largest absolute Gasteiger partial charge is 0.343 e. The number of hydrogen-bond donors (Lipinski definition) is 0. The molecule has 148 valence electrons. The summed E-state index contributed by atoms with van der Waals surface area (Å²) in [5, 5.41) is 7.53. The van der Waals surface area contributed by atoms with Crippen LogP contribution in [0.4, 0.5) is 0 Å². The summed E-state index contributed by atoms with van der Waals surface area (Å²) in [6.07, 6.45) is 8.70. The number of piperidine rings is 2. The van der Waals surface area contributed by atoms with Gasteiger partial charge in [-0.1, -0.05) is 0 Å². The van der Waals surface area contributed by atoms with E-state index >= 15 is 0 Å². The summed E-state index contributed by atoms with van der Waals surface area (Å²) in [6.45, 7) is 3.63. The Morgan fingerprint density at radius 3 is 2.67 bits per heavy atom. The van der Waals surface area contributed by atoms with E-state index in [0.29, 0.717) is 23.9 Å². The number of aromatic nitrogens is 2. The molecule has 1 aromatic heterocycles. The van der Waals surface area contributed by atoms with E-state index in [-0.39, 0.29) is 11.8 Å². The zero-order valence-corrected chi connectivity index (χ0v) is 16.5. The van der Waals surface area contributed by atoms with Crippen LogP contribution < -0.4 is 0 Å². The molecule has 7 nitrogen and oxygen atoms in total. The Hall–Kier alpha value is -2.02. The molecule has 3 rings (SSSR count). The van der Waals surface area contributed by atoms with E-state index in [9.17, 15) is 9.59 Å². The van der Waals surface area contributed by atoms with E-state index in [2.05, 4.69) is 22.1 Å². The van der Waals surface area contributed by atoms with Crippen LogP contribution in [0.25, 0.3) is 0 Å². The Kier molecular flexibility index (Phi) is 6.77. The molecule has 0 saturated carbocycles. The van der Waals surface area contributed by atoms with Gasteiger partial charge in [-0.05, 0) is 64.2 Å². The maximum Gasteiger partial charge on any atom is 0.255 e. The van der Waals surface area contributed by atoms with Crippen LogP contribution in [0.3, 0.4) is 0 Å². The van der Waals surface area contributed by atoms with Crippen molar-refractivity contribution in [2.45, 2.75) is 44.6 Å². The van der Waals surface area contributed by atoms with E-state index in [0.717, 1.165) is 58.3 Å². The van der Waals surface area contributed by atoms with Crippen LogP contribution in [0, 0.1) is 5.92 Å². The third-order valence-electron chi connectivity index (χ3n) is 6.03. The van der Waals surface area contributed by atoms with Gasteiger partial charge in [0.25, 0.3) is 5.91 Å². The van der Waals surface area contributed by atoms with Crippen molar-refractivity contribution in [3.05, 3.63) is 24.0 Å². The molecule has 2 aliphatic heterocycles. The van der Waals surface area contributed by atoms with Crippen LogP contribution in [0.15, 0.2) is 18.5 Å². The molecule has 0 unspecified atom stereocenters. The Morgan fingerprint density at radius 2 is 1.96 bits per heavy atom. The summed E-state index contributed by atoms with van der Waals surface area (Å²) in [5.74, 6) is 0.656. The zero-order valence-electron chi connectivity index (χ0n) is 16.5. The van der Waals surface area contributed by atoms with Gasteiger partial charge >= 0.3 is 0 Å². The molecule has 2 amide bonds. The molecule has 0 aliphatic carbocycles. The maximum absolute atomic E-state index is 12.6. The van der Waals surface area contributed by atoms with Gasteiger partial charge in [-0.3, -0.25) is 9.59 Å². The highest BCUT2D eigenvalue weighted by molar-refractivity contribution is 5.93. The minimum absolute atomic E-state index is 0.0179. The van der Waals surface area contributed by atoms with Crippen LogP contribution in [0.5, 0.6) is 0 Å². The van der Waals surface area contributed by atoms with Crippen LogP contribution in [-0.2, 0) is 4.79 Å². The van der Waals surface area contributed by atoms with Crippen molar-refractivity contribution < 1.29 is 9.59 Å². The van der Waals surface area contributed by atoms with E-state index in [1.807, 2.05) is 16.8 Å². The van der Waals surface area contributed by atoms with Crippen LogP contribution in [0.2, 0.25) is 0 Å². The lowest BCUT2D eigenvalue weighted by Gasteiger charge is -2.36. The molecule has 3 heterocycles. The summed E-state index contributed by atoms with van der Waals surface area (Å²) in [7, 11) is 4.08. The van der Waals surface area contributed by atoms with Gasteiger partial charge in [-0.2, -0.15) is 10.2 Å². The molecule has 2 fully saturated rings. The Labute approximate surface area is 161 Å². The van der Waals surface area contributed by atoms with Crippen molar-refractivity contribution in [1.29, 1.82) is 0 Å². The molecule has 2 aliphatic rings. The lowest BCUT2D eigenvalue weighted by molar-refractivity contribution is -0.133. The lowest BCUT2D eigenvalue weighted by atomic mass is 9.92. The molecule has 0 radical (unpaired) electrons. The Balaban J connectivity index is 1.46. The summed E-state index contributed by atoms with van der Waals surface area (Å²) in [6, 6.07) is 2.08. The number of likely N-dealkylation sites (tertiary alicyclic amines) is 2. The standard InChI is InChI=1S/C20H31N5O2/c1-23-12-8-18(9-13-23)24(2)19(26)6-5-16-4-3-11-25(15-16)20(27)17-7-10-21-22-14-17/h7,10,14,16,18H,3-6,8-9,11-13,15H2,1-2H3/t16-/m0/s1. The highest BCUT2D eigenvalue weighted by Gasteiger charge is 2.27. The molecule has 0 aromatic carbocycles. The van der Waals surface area contributed by atoms with Crippen molar-refractivity contribution in [3.63, 3.8) is 0 Å². The summed E-state index contributed by atoms with van der Waals surface area (Å²) in [4.78, 5) is 31.4. The average Bonchev–Trinajstić information content (AvgIpc) is 2.72. The first-order valence-corrected chi connectivity index (χ1v) is 10.0. The SMILES string of the molecule is CN1CCC(N(C)C(=O)CC[C@@H]2CCCN(C(=O)c3ccnnc3)C2)CC1. The maximum atomic E-state index is 12.6. The second kappa shape index (κ2) is 9.26. The zero-order chi connectivity index (χ0) is 19.2. The molecule has 2 saturated heterocycles. The molecule has 27 heavy (non-hydrogen) atoms. The van der Waals surface area contributed by atoms with Gasteiger partial charge in [0.15, 0.2) is 0 Å². The number of hydrogen-bond acceptors (Lipinski definition) is 5. The van der Waals surface area contributed by atoms with Crippen LogP contribution in [-0.4, -0.2) is 83.0 Å². The van der Waals surface area contributed by atoms with E-state index in [1.165, 1.54) is 6.20 Å². The highest BCUT2D eigenvalue weighted by Crippen LogP contribution is 2.23. The average molecular weight is 374 g/mol. The normalized spacial score (nSPS) is 21.9. The van der Waals surface area contributed by atoms with Crippen molar-refractivity contribution >= 4 is 11.8 Å². The second-order valence-corrected chi connectivity index (χ2v) is 7.97. The van der Waals surface area contributed by atoms with Crippen molar-refractivity contribution in [2.24, 2.45) is 5.92 Å². The van der Waals surface area contributed by atoms with Gasteiger partial charge in [0.2, 0.25) is 5.91 Å². The molecule has 1 aromatic rings. The van der Waals surface area contributed by atoms with Crippen LogP contribution in [0.1, 0.15) is 48.9 Å². The van der Waals surface area contributed by atoms with E-state index < -0.39 is 0 Å². The summed E-state index contributed by atoms with van der Waals surface area (Å²) < 4.78 is 0. The van der Waals surface area contributed by atoms with Gasteiger partial charge in [0.05, 0.1) is 18.0 Å². The number of nitrogens with zero attached hydrogens (tertiary/aromatic N) is 5. The molecule has 7 heteroatoms. The van der Waals surface area contributed by atoms with Gasteiger partial charge in [0.1, 0.15) is 0 Å². The fourth-order valence-corrected chi connectivity index (χ4v) is 4.17. The van der Waals surface area contributed by atoms with Gasteiger partial charge < -0.3 is 14.7 Å². The predicted molar refractivity (Wildman–Crippen MR) is 103 cm³/mol. The van der Waals surface area contributed by atoms with Gasteiger partial charge in [0, 0.05) is 32.6 Å². The minimum Gasteiger partial charge on any atom is -0.343 e. The Bertz CT molecular complexity index is 631. The number of amides is 2. The minimum atomic E-state index is 0.0179. The fourth-order valence-electron chi connectivity index (χ4n) is 4.17. The summed E-state index contributed by atoms with van der Waals surface area (Å²) >= 11 is 0. The predicted octanol–water partition coefficient (Wildman–Crippen LogP) is 1.66. The van der Waals surface area contributed by atoms with Gasteiger partial charge in [-0.25, -0.2) is 0 Å². The van der Waals surface area contributed by atoms with Crippen molar-refractivity contribution in [2.75, 3.05) is 40.3 Å². The highest BCUT2D eigenvalue weighted by atomic mass is 16.2. The van der Waals surface area contributed by atoms with Crippen molar-refractivity contribution in [1.82, 2.24) is 24.9 Å². The topological polar surface area (TPSA) is 69.6 Å². The fraction of sp³-hybridized carbons (Fsp3) is 0.700. The number of carbonyl (C=O) groups is 2. The molecular formula is C20H31N5O2. The first kappa shape index (κ1) is 19.7. The molecule has 0 spiro atoms. The van der Waals surface area contributed by atoms with Gasteiger partial charge in [-0.15, -0.1) is 0 Å². The monoisotopic (exact) mass is 373 g/mol. The number of carbonyl (C=O) groups excluding carboxylic acids is 2. The molecule has 1 atom stereocenters. The van der Waals surface area contributed by atoms with Crippen LogP contribution >= 0.6 is 0 Å². The first-order chi connectivity index (χ1) is 13.0. The molecule has 0 bridgehead atoms. The molecule has 0 N–H and O–H groups in total. The summed E-state index contributed by atoms with van der Waals surface area (Å²) in [5.41, 5.74) is 0.587. The quantitative estimate of drug-likeness (QED) is 0.785. The number of rotatable bonds is 5.